The lowest BCUT2D eigenvalue weighted by Gasteiger charge is -2.14. The van der Waals surface area contributed by atoms with Gasteiger partial charge in [-0.15, -0.1) is 0 Å². The third-order valence-corrected chi connectivity index (χ3v) is 4.35. The predicted molar refractivity (Wildman–Crippen MR) is 85.1 cm³/mol. The van der Waals surface area contributed by atoms with E-state index in [1.807, 2.05) is 6.92 Å². The smallest absolute Gasteiger partial charge is 0.339 e. The molecule has 0 unspecified atom stereocenters. The lowest BCUT2D eigenvalue weighted by Crippen LogP contribution is -2.16. The van der Waals surface area contributed by atoms with Gasteiger partial charge in [-0.1, -0.05) is 0 Å². The van der Waals surface area contributed by atoms with Gasteiger partial charge in [0.05, 0.1) is 10.0 Å². The zero-order chi connectivity index (χ0) is 16.7. The largest absolute Gasteiger partial charge is 0.478 e. The maximum Gasteiger partial charge on any atom is 0.339 e. The number of allylic oxidation sites excluding steroid dienone is 1. The van der Waals surface area contributed by atoms with Crippen LogP contribution < -0.4 is 0 Å². The normalized spacial score (nSPS) is 15.8. The molecule has 0 spiro atoms. The molecule has 0 saturated carbocycles. The molecule has 1 N–H and O–H groups in total. The van der Waals surface area contributed by atoms with Gasteiger partial charge in [0.2, 0.25) is 0 Å². The van der Waals surface area contributed by atoms with Crippen molar-refractivity contribution >= 4 is 33.8 Å². The summed E-state index contributed by atoms with van der Waals surface area (Å²) >= 11 is 3.15. The fourth-order valence-electron chi connectivity index (χ4n) is 2.69. The highest BCUT2D eigenvalue weighted by Gasteiger charge is 2.31. The van der Waals surface area contributed by atoms with Crippen LogP contribution in [0, 0.1) is 12.7 Å². The molecule has 3 rings (SSSR count). The van der Waals surface area contributed by atoms with E-state index in [0.29, 0.717) is 34.2 Å². The minimum Gasteiger partial charge on any atom is -0.478 e. The first-order chi connectivity index (χ1) is 10.9. The van der Waals surface area contributed by atoms with Crippen molar-refractivity contribution in [2.24, 2.45) is 0 Å². The van der Waals surface area contributed by atoms with Crippen molar-refractivity contribution in [3.05, 3.63) is 62.3 Å². The SMILES string of the molecule is Cc1cc(Br)c(F)c(/C=C2\CCc3occ(C(=O)O)c3C2=O)c1. The summed E-state index contributed by atoms with van der Waals surface area (Å²) in [6.45, 7) is 1.83. The average molecular weight is 379 g/mol. The Labute approximate surface area is 139 Å². The molecular weight excluding hydrogens is 367 g/mol. The summed E-state index contributed by atoms with van der Waals surface area (Å²) in [5.41, 5.74) is 1.44. The van der Waals surface area contributed by atoms with Crippen molar-refractivity contribution in [2.75, 3.05) is 0 Å². The van der Waals surface area contributed by atoms with E-state index < -0.39 is 17.6 Å². The summed E-state index contributed by atoms with van der Waals surface area (Å²) in [4.78, 5) is 23.8. The number of carbonyl (C=O) groups excluding carboxylic acids is 1. The van der Waals surface area contributed by atoms with E-state index in [2.05, 4.69) is 15.9 Å². The van der Waals surface area contributed by atoms with E-state index in [1.54, 1.807) is 12.1 Å². The zero-order valence-electron chi connectivity index (χ0n) is 12.2. The van der Waals surface area contributed by atoms with E-state index in [-0.39, 0.29) is 11.1 Å². The molecule has 0 radical (unpaired) electrons. The number of Topliss-reactive ketones (excluding diaryl/α,β-unsaturated/α-hetero) is 1. The fourth-order valence-corrected chi connectivity index (χ4v) is 3.28. The quantitative estimate of drug-likeness (QED) is 0.786. The Morgan fingerprint density at radius 2 is 2.13 bits per heavy atom. The van der Waals surface area contributed by atoms with Gasteiger partial charge in [0.15, 0.2) is 5.78 Å². The molecule has 0 atom stereocenters. The van der Waals surface area contributed by atoms with Crippen LogP contribution in [0.3, 0.4) is 0 Å². The first-order valence-corrected chi connectivity index (χ1v) is 7.72. The Balaban J connectivity index is 2.08. The van der Waals surface area contributed by atoms with Crippen LogP contribution in [0.1, 0.15) is 44.0 Å². The number of halogens is 2. The molecule has 1 aliphatic carbocycles. The van der Waals surface area contributed by atoms with Gasteiger partial charge in [-0.05, 0) is 53.0 Å². The number of carboxylic acids is 1. The maximum atomic E-state index is 14.2. The molecule has 6 heteroatoms. The summed E-state index contributed by atoms with van der Waals surface area (Å²) in [6.07, 6.45) is 3.35. The maximum absolute atomic E-state index is 14.2. The topological polar surface area (TPSA) is 67.5 Å². The van der Waals surface area contributed by atoms with Crippen molar-refractivity contribution in [3.8, 4) is 0 Å². The molecule has 2 aromatic rings. The molecule has 0 amide bonds. The number of carbonyl (C=O) groups is 2. The second-order valence-corrected chi connectivity index (χ2v) is 6.26. The van der Waals surface area contributed by atoms with Crippen LogP contribution in [0.15, 0.2) is 32.9 Å². The highest BCUT2D eigenvalue weighted by molar-refractivity contribution is 9.10. The number of ketones is 1. The van der Waals surface area contributed by atoms with E-state index in [0.717, 1.165) is 11.8 Å². The highest BCUT2D eigenvalue weighted by Crippen LogP contribution is 2.32. The summed E-state index contributed by atoms with van der Waals surface area (Å²) in [5.74, 6) is -1.72. The molecule has 1 aromatic carbocycles. The molecule has 0 bridgehead atoms. The van der Waals surface area contributed by atoms with E-state index >= 15 is 0 Å². The van der Waals surface area contributed by atoms with Crippen molar-refractivity contribution in [1.29, 1.82) is 0 Å². The number of hydrogen-bond donors (Lipinski definition) is 1. The Morgan fingerprint density at radius 3 is 2.83 bits per heavy atom. The minimum atomic E-state index is -1.21. The molecule has 4 nitrogen and oxygen atoms in total. The van der Waals surface area contributed by atoms with E-state index in [9.17, 15) is 14.0 Å². The number of fused-ring (bicyclic) bond motifs is 1. The van der Waals surface area contributed by atoms with Gasteiger partial charge in [0.25, 0.3) is 0 Å². The van der Waals surface area contributed by atoms with Gasteiger partial charge in [-0.25, -0.2) is 9.18 Å². The van der Waals surface area contributed by atoms with Crippen molar-refractivity contribution in [1.82, 2.24) is 0 Å². The van der Waals surface area contributed by atoms with Crippen LogP contribution >= 0.6 is 15.9 Å². The van der Waals surface area contributed by atoms with Gasteiger partial charge in [0.1, 0.15) is 23.4 Å². The Morgan fingerprint density at radius 1 is 1.39 bits per heavy atom. The third kappa shape index (κ3) is 2.74. The second-order valence-electron chi connectivity index (χ2n) is 5.40. The first-order valence-electron chi connectivity index (χ1n) is 6.93. The molecular formula is C17H12BrFO4. The van der Waals surface area contributed by atoms with Gasteiger partial charge in [-0.2, -0.15) is 0 Å². The standard InChI is InChI=1S/C17H12BrFO4/c1-8-4-10(15(19)12(18)5-8)6-9-2-3-13-14(16(9)20)11(7-23-13)17(21)22/h4-7H,2-3H2,1H3,(H,21,22)/b9-6+. The van der Waals surface area contributed by atoms with E-state index in [1.165, 1.54) is 6.08 Å². The second kappa shape index (κ2) is 5.77. The number of hydrogen-bond acceptors (Lipinski definition) is 3. The van der Waals surface area contributed by atoms with Crippen LogP contribution in [0.25, 0.3) is 6.08 Å². The summed E-state index contributed by atoms with van der Waals surface area (Å²) in [6, 6.07) is 3.29. The van der Waals surface area contributed by atoms with Gasteiger partial charge in [0, 0.05) is 17.6 Å². The Hall–Kier alpha value is -2.21. The number of aryl methyl sites for hydroxylation is 2. The molecule has 1 aliphatic rings. The van der Waals surface area contributed by atoms with Crippen LogP contribution in [-0.2, 0) is 6.42 Å². The monoisotopic (exact) mass is 378 g/mol. The number of benzene rings is 1. The fraction of sp³-hybridized carbons (Fsp3) is 0.176. The molecule has 0 saturated heterocycles. The lowest BCUT2D eigenvalue weighted by molar-refractivity contribution is 0.0692. The van der Waals surface area contributed by atoms with Crippen LogP contribution in [0.5, 0.6) is 0 Å². The van der Waals surface area contributed by atoms with Crippen LogP contribution in [0.4, 0.5) is 4.39 Å². The van der Waals surface area contributed by atoms with Gasteiger partial charge < -0.3 is 9.52 Å². The first kappa shape index (κ1) is 15.7. The summed E-state index contributed by atoms with van der Waals surface area (Å²) < 4.78 is 19.7. The molecule has 118 valence electrons. The summed E-state index contributed by atoms with van der Waals surface area (Å²) in [5, 5.41) is 9.14. The van der Waals surface area contributed by atoms with Crippen molar-refractivity contribution in [3.63, 3.8) is 0 Å². The van der Waals surface area contributed by atoms with Crippen LogP contribution in [-0.4, -0.2) is 16.9 Å². The Kier molecular flexibility index (Phi) is 3.93. The molecule has 1 heterocycles. The number of carboxylic acid groups (broad SMARTS) is 1. The van der Waals surface area contributed by atoms with Crippen molar-refractivity contribution < 1.29 is 23.5 Å². The van der Waals surface area contributed by atoms with E-state index in [4.69, 9.17) is 9.52 Å². The number of rotatable bonds is 2. The zero-order valence-corrected chi connectivity index (χ0v) is 13.7. The number of aromatic carboxylic acids is 1. The summed E-state index contributed by atoms with van der Waals surface area (Å²) in [7, 11) is 0. The molecule has 1 aromatic heterocycles. The lowest BCUT2D eigenvalue weighted by atomic mass is 9.88. The average Bonchev–Trinajstić information content (AvgIpc) is 2.92. The van der Waals surface area contributed by atoms with Crippen molar-refractivity contribution in [2.45, 2.75) is 19.8 Å². The molecule has 0 aliphatic heterocycles. The molecule has 0 fully saturated rings. The van der Waals surface area contributed by atoms with Crippen LogP contribution in [0.2, 0.25) is 0 Å². The predicted octanol–water partition coefficient (Wildman–Crippen LogP) is 4.40. The highest BCUT2D eigenvalue weighted by atomic mass is 79.9. The molecule has 23 heavy (non-hydrogen) atoms. The third-order valence-electron chi connectivity index (χ3n) is 3.77. The van der Waals surface area contributed by atoms with Gasteiger partial charge >= 0.3 is 5.97 Å². The van der Waals surface area contributed by atoms with Gasteiger partial charge in [-0.3, -0.25) is 4.79 Å². The number of furan rings is 1. The minimum absolute atomic E-state index is 0.0714. The Bertz CT molecular complexity index is 864.